The second-order valence-electron chi connectivity index (χ2n) is 7.02. The van der Waals surface area contributed by atoms with E-state index in [0.717, 1.165) is 26.8 Å². The zero-order chi connectivity index (χ0) is 19.4. The van der Waals surface area contributed by atoms with Gasteiger partial charge in [0.25, 0.3) is 0 Å². The molecule has 138 valence electrons. The molecule has 4 aromatic carbocycles. The number of aromatic nitrogens is 2. The van der Waals surface area contributed by atoms with Crippen LogP contribution in [0.15, 0.2) is 99.9 Å². The topological polar surface area (TPSA) is 31.0 Å². The summed E-state index contributed by atoms with van der Waals surface area (Å²) in [5, 5.41) is 2.52. The second kappa shape index (κ2) is 6.33. The first-order chi connectivity index (χ1) is 14.3. The quantitative estimate of drug-likeness (QED) is 0.282. The monoisotopic (exact) mass is 438 g/mol. The molecule has 6 rings (SSSR count). The molecule has 0 aliphatic heterocycles. The Morgan fingerprint density at radius 2 is 1.34 bits per heavy atom. The van der Waals surface area contributed by atoms with Crippen LogP contribution in [0.1, 0.15) is 0 Å². The first-order valence-corrected chi connectivity index (χ1v) is 10.2. The lowest BCUT2D eigenvalue weighted by Crippen LogP contribution is -1.93. The van der Waals surface area contributed by atoms with Gasteiger partial charge in [0.2, 0.25) is 5.89 Å². The fraction of sp³-hybridized carbons (Fsp3) is 0. The smallest absolute Gasteiger partial charge is 0.227 e. The first-order valence-electron chi connectivity index (χ1n) is 9.44. The van der Waals surface area contributed by atoms with Gasteiger partial charge in [0.15, 0.2) is 5.58 Å². The van der Waals surface area contributed by atoms with Crippen LogP contribution < -0.4 is 0 Å². The molecule has 0 fully saturated rings. The van der Waals surface area contributed by atoms with Crippen molar-refractivity contribution in [1.82, 2.24) is 9.55 Å². The van der Waals surface area contributed by atoms with Crippen molar-refractivity contribution in [2.75, 3.05) is 0 Å². The van der Waals surface area contributed by atoms with Gasteiger partial charge in [-0.3, -0.25) is 0 Å². The van der Waals surface area contributed by atoms with Gasteiger partial charge in [0.1, 0.15) is 5.52 Å². The van der Waals surface area contributed by atoms with Crippen molar-refractivity contribution in [2.24, 2.45) is 0 Å². The fourth-order valence-electron chi connectivity index (χ4n) is 3.99. The lowest BCUT2D eigenvalue weighted by Gasteiger charge is -2.08. The van der Waals surface area contributed by atoms with E-state index in [1.54, 1.807) is 0 Å². The molecule has 0 N–H and O–H groups in total. The van der Waals surface area contributed by atoms with Crippen LogP contribution in [0, 0.1) is 0 Å². The molecule has 2 heterocycles. The maximum atomic E-state index is 5.99. The molecule has 0 aliphatic rings. The van der Waals surface area contributed by atoms with Crippen LogP contribution in [0.5, 0.6) is 0 Å². The van der Waals surface area contributed by atoms with E-state index >= 15 is 0 Å². The van der Waals surface area contributed by atoms with Crippen LogP contribution in [-0.4, -0.2) is 9.55 Å². The summed E-state index contributed by atoms with van der Waals surface area (Å²) in [5.41, 5.74) is 6.09. The summed E-state index contributed by atoms with van der Waals surface area (Å²) in [7, 11) is 0. The Kier molecular flexibility index (Phi) is 3.61. The minimum Gasteiger partial charge on any atom is -0.435 e. The number of halogens is 1. The number of para-hydroxylation sites is 3. The van der Waals surface area contributed by atoms with Crippen molar-refractivity contribution in [3.8, 4) is 17.1 Å². The lowest BCUT2D eigenvalue weighted by molar-refractivity contribution is 0.618. The molecule has 0 radical (unpaired) electrons. The van der Waals surface area contributed by atoms with Crippen LogP contribution in [0.2, 0.25) is 0 Å². The van der Waals surface area contributed by atoms with Gasteiger partial charge in [-0.1, -0.05) is 42.5 Å². The minimum absolute atomic E-state index is 0.626. The predicted octanol–water partition coefficient (Wildman–Crippen LogP) is 7.35. The van der Waals surface area contributed by atoms with Crippen molar-refractivity contribution < 1.29 is 4.42 Å². The molecule has 0 unspecified atom stereocenters. The van der Waals surface area contributed by atoms with E-state index in [2.05, 4.69) is 98.3 Å². The highest BCUT2D eigenvalue weighted by molar-refractivity contribution is 9.10. The van der Waals surface area contributed by atoms with Crippen molar-refractivity contribution in [3.05, 3.63) is 95.5 Å². The molecular formula is C25H15BrN2O. The van der Waals surface area contributed by atoms with Crippen molar-refractivity contribution in [3.63, 3.8) is 0 Å². The van der Waals surface area contributed by atoms with Crippen molar-refractivity contribution in [1.29, 1.82) is 0 Å². The zero-order valence-corrected chi connectivity index (χ0v) is 16.9. The number of hydrogen-bond donors (Lipinski definition) is 0. The van der Waals surface area contributed by atoms with Crippen LogP contribution in [0.25, 0.3) is 50.0 Å². The number of rotatable bonds is 2. The zero-order valence-electron chi connectivity index (χ0n) is 15.3. The van der Waals surface area contributed by atoms with Gasteiger partial charge in [-0.05, 0) is 64.5 Å². The van der Waals surface area contributed by atoms with Gasteiger partial charge in [-0.25, -0.2) is 4.98 Å². The minimum atomic E-state index is 0.626. The molecule has 29 heavy (non-hydrogen) atoms. The van der Waals surface area contributed by atoms with E-state index in [9.17, 15) is 0 Å². The number of oxazole rings is 1. The van der Waals surface area contributed by atoms with Crippen molar-refractivity contribution >= 4 is 48.8 Å². The van der Waals surface area contributed by atoms with Gasteiger partial charge < -0.3 is 8.98 Å². The summed E-state index contributed by atoms with van der Waals surface area (Å²) >= 11 is 3.53. The molecule has 2 aromatic heterocycles. The lowest BCUT2D eigenvalue weighted by atomic mass is 10.2. The molecular weight excluding hydrogens is 424 g/mol. The first kappa shape index (κ1) is 16.6. The van der Waals surface area contributed by atoms with E-state index in [0.29, 0.717) is 5.89 Å². The third-order valence-electron chi connectivity index (χ3n) is 5.32. The molecule has 0 aliphatic carbocycles. The molecule has 0 spiro atoms. The molecule has 4 heteroatoms. The van der Waals surface area contributed by atoms with E-state index in [4.69, 9.17) is 4.42 Å². The Balaban J connectivity index is 1.51. The largest absolute Gasteiger partial charge is 0.435 e. The summed E-state index contributed by atoms with van der Waals surface area (Å²) in [6.07, 6.45) is 0. The summed E-state index contributed by atoms with van der Waals surface area (Å²) in [6, 6.07) is 31.3. The molecule has 6 aromatic rings. The highest BCUT2D eigenvalue weighted by Gasteiger charge is 2.13. The predicted molar refractivity (Wildman–Crippen MR) is 121 cm³/mol. The molecule has 0 saturated heterocycles. The van der Waals surface area contributed by atoms with Gasteiger partial charge in [-0.2, -0.15) is 0 Å². The molecule has 3 nitrogen and oxygen atoms in total. The maximum absolute atomic E-state index is 5.99. The Morgan fingerprint density at radius 1 is 0.690 bits per heavy atom. The van der Waals surface area contributed by atoms with Crippen molar-refractivity contribution in [2.45, 2.75) is 0 Å². The average Bonchev–Trinajstić information content (AvgIpc) is 3.34. The maximum Gasteiger partial charge on any atom is 0.227 e. The van der Waals surface area contributed by atoms with Crippen LogP contribution >= 0.6 is 15.9 Å². The van der Waals surface area contributed by atoms with E-state index < -0.39 is 0 Å². The van der Waals surface area contributed by atoms with E-state index in [1.165, 1.54) is 21.8 Å². The summed E-state index contributed by atoms with van der Waals surface area (Å²) < 4.78 is 9.21. The van der Waals surface area contributed by atoms with Gasteiger partial charge >= 0.3 is 0 Å². The highest BCUT2D eigenvalue weighted by Crippen LogP contribution is 2.33. The summed E-state index contributed by atoms with van der Waals surface area (Å²) in [4.78, 5) is 4.63. The van der Waals surface area contributed by atoms with Gasteiger partial charge in [0, 0.05) is 22.0 Å². The molecule has 0 amide bonds. The number of hydrogen-bond acceptors (Lipinski definition) is 2. The van der Waals surface area contributed by atoms with Crippen LogP contribution in [0.4, 0.5) is 0 Å². The standard InChI is InChI=1S/C25H15BrN2O/c26-20-8-5-9-21-24(20)29-25(27-21)16-12-14-17(15-13-16)28-22-10-3-1-6-18(22)19-7-2-4-11-23(19)28/h1-15H. The molecule has 0 saturated carbocycles. The van der Waals surface area contributed by atoms with E-state index in [-0.39, 0.29) is 0 Å². The third kappa shape index (κ3) is 2.53. The Labute approximate surface area is 175 Å². The summed E-state index contributed by atoms with van der Waals surface area (Å²) in [6.45, 7) is 0. The normalized spacial score (nSPS) is 11.6. The van der Waals surface area contributed by atoms with Crippen LogP contribution in [-0.2, 0) is 0 Å². The molecule has 0 bridgehead atoms. The third-order valence-corrected chi connectivity index (χ3v) is 5.94. The number of benzene rings is 4. The second-order valence-corrected chi connectivity index (χ2v) is 7.88. The Bertz CT molecular complexity index is 1460. The fourth-order valence-corrected chi connectivity index (χ4v) is 4.43. The highest BCUT2D eigenvalue weighted by atomic mass is 79.9. The summed E-state index contributed by atoms with van der Waals surface area (Å²) in [5.74, 6) is 0.626. The van der Waals surface area contributed by atoms with Gasteiger partial charge in [0.05, 0.1) is 15.5 Å². The Hall–Kier alpha value is -3.37. The number of nitrogens with zero attached hydrogens (tertiary/aromatic N) is 2. The van der Waals surface area contributed by atoms with E-state index in [1.807, 2.05) is 18.2 Å². The number of fused-ring (bicyclic) bond motifs is 4. The average molecular weight is 439 g/mol. The Morgan fingerprint density at radius 3 is 2.00 bits per heavy atom. The van der Waals surface area contributed by atoms with Gasteiger partial charge in [-0.15, -0.1) is 0 Å². The van der Waals surface area contributed by atoms with Crippen LogP contribution in [0.3, 0.4) is 0 Å². The SMILES string of the molecule is Brc1cccc2nc(-c3ccc(-n4c5ccccc5c5ccccc54)cc3)oc12. The molecule has 0 atom stereocenters.